The minimum absolute atomic E-state index is 0.193. The lowest BCUT2D eigenvalue weighted by Gasteiger charge is -2.07. The van der Waals surface area contributed by atoms with Gasteiger partial charge < -0.3 is 10.5 Å². The maximum atomic E-state index is 5.63. The number of nitrogens with zero attached hydrogens (tertiary/aromatic N) is 1. The number of unbranched alkanes of at least 4 members (excludes halogenated alkanes) is 1. The van der Waals surface area contributed by atoms with Crippen molar-refractivity contribution in [2.75, 3.05) is 6.61 Å². The summed E-state index contributed by atoms with van der Waals surface area (Å²) in [4.78, 5) is 0. The highest BCUT2D eigenvalue weighted by molar-refractivity contribution is 7.80. The molecule has 0 aromatic heterocycles. The van der Waals surface area contributed by atoms with Crippen molar-refractivity contribution in [1.82, 2.24) is 5.43 Å². The Bertz CT molecular complexity index is 443. The Kier molecular flexibility index (Phi) is 7.65. The smallest absolute Gasteiger partial charge is 0.184 e. The van der Waals surface area contributed by atoms with E-state index in [9.17, 15) is 0 Å². The first-order valence-corrected chi connectivity index (χ1v) is 7.33. The number of rotatable bonds is 8. The molecule has 4 nitrogen and oxygen atoms in total. The number of nitrogens with one attached hydrogen (secondary N) is 1. The van der Waals surface area contributed by atoms with Crippen molar-refractivity contribution >= 4 is 23.0 Å². The van der Waals surface area contributed by atoms with E-state index in [1.807, 2.05) is 19.1 Å². The number of ether oxygens (including phenoxy) is 1. The number of aryl methyl sites for hydroxylation is 1. The third kappa shape index (κ3) is 7.09. The number of thiocarbonyl (C=S) groups is 1. The van der Waals surface area contributed by atoms with Crippen molar-refractivity contribution in [3.05, 3.63) is 29.8 Å². The topological polar surface area (TPSA) is 59.6 Å². The zero-order valence-corrected chi connectivity index (χ0v) is 13.0. The van der Waals surface area contributed by atoms with Gasteiger partial charge in [0.2, 0.25) is 0 Å². The fourth-order valence-corrected chi connectivity index (χ4v) is 1.66. The molecule has 0 bridgehead atoms. The van der Waals surface area contributed by atoms with Crippen molar-refractivity contribution in [2.24, 2.45) is 10.8 Å². The molecule has 1 rings (SSSR count). The Labute approximate surface area is 126 Å². The molecule has 3 N–H and O–H groups in total. The molecule has 0 radical (unpaired) electrons. The Morgan fingerprint density at radius 3 is 2.65 bits per heavy atom. The van der Waals surface area contributed by atoms with Gasteiger partial charge in [-0.1, -0.05) is 25.5 Å². The summed E-state index contributed by atoms with van der Waals surface area (Å²) in [7, 11) is 0. The zero-order chi connectivity index (χ0) is 14.8. The number of benzene rings is 1. The number of hydrazone groups is 1. The van der Waals surface area contributed by atoms with Gasteiger partial charge >= 0.3 is 0 Å². The van der Waals surface area contributed by atoms with Crippen LogP contribution in [0.25, 0.3) is 0 Å². The van der Waals surface area contributed by atoms with E-state index in [0.717, 1.165) is 43.8 Å². The van der Waals surface area contributed by atoms with E-state index in [4.69, 9.17) is 22.7 Å². The Balaban J connectivity index is 2.37. The predicted octanol–water partition coefficient (Wildman–Crippen LogP) is 3.01. The van der Waals surface area contributed by atoms with E-state index in [0.29, 0.717) is 0 Å². The molecule has 0 saturated carbocycles. The van der Waals surface area contributed by atoms with Gasteiger partial charge in [0.1, 0.15) is 5.75 Å². The standard InChI is InChI=1S/C15H23N3OS/c1-3-4-11-19-14-9-7-13(8-10-14)6-5-12(2)17-18-15(16)20/h7-10H,3-6,11H2,1-2H3,(H3,16,18,20)/b17-12+. The van der Waals surface area contributed by atoms with Crippen molar-refractivity contribution in [2.45, 2.75) is 39.5 Å². The van der Waals surface area contributed by atoms with Crippen LogP contribution in [-0.2, 0) is 6.42 Å². The highest BCUT2D eigenvalue weighted by atomic mass is 32.1. The summed E-state index contributed by atoms with van der Waals surface area (Å²) in [6.07, 6.45) is 4.04. The first kappa shape index (κ1) is 16.4. The lowest BCUT2D eigenvalue weighted by atomic mass is 10.1. The fraction of sp³-hybridized carbons (Fsp3) is 0.467. The second-order valence-corrected chi connectivity index (χ2v) is 5.11. The van der Waals surface area contributed by atoms with Gasteiger partial charge in [0, 0.05) is 5.71 Å². The third-order valence-electron chi connectivity index (χ3n) is 2.82. The van der Waals surface area contributed by atoms with Gasteiger partial charge in [-0.3, -0.25) is 5.43 Å². The summed E-state index contributed by atoms with van der Waals surface area (Å²) in [5, 5.41) is 4.27. The molecule has 20 heavy (non-hydrogen) atoms. The molecule has 0 spiro atoms. The minimum atomic E-state index is 0.193. The summed E-state index contributed by atoms with van der Waals surface area (Å²) >= 11 is 4.70. The van der Waals surface area contributed by atoms with Crippen LogP contribution in [0.3, 0.4) is 0 Å². The van der Waals surface area contributed by atoms with Gasteiger partial charge in [0.05, 0.1) is 6.61 Å². The molecule has 0 fully saturated rings. The van der Waals surface area contributed by atoms with E-state index in [1.54, 1.807) is 0 Å². The highest BCUT2D eigenvalue weighted by Gasteiger charge is 1.98. The van der Waals surface area contributed by atoms with Crippen molar-refractivity contribution < 1.29 is 4.74 Å². The van der Waals surface area contributed by atoms with Gasteiger partial charge in [-0.25, -0.2) is 0 Å². The van der Waals surface area contributed by atoms with Gasteiger partial charge in [0.25, 0.3) is 0 Å². The molecule has 0 atom stereocenters. The van der Waals surface area contributed by atoms with Crippen LogP contribution < -0.4 is 15.9 Å². The normalized spacial score (nSPS) is 11.2. The first-order valence-electron chi connectivity index (χ1n) is 6.92. The molecule has 0 aliphatic rings. The molecule has 1 aromatic rings. The van der Waals surface area contributed by atoms with Crippen molar-refractivity contribution in [3.63, 3.8) is 0 Å². The number of hydrogen-bond acceptors (Lipinski definition) is 3. The van der Waals surface area contributed by atoms with E-state index < -0.39 is 0 Å². The second-order valence-electron chi connectivity index (χ2n) is 4.67. The van der Waals surface area contributed by atoms with Gasteiger partial charge in [-0.2, -0.15) is 5.10 Å². The van der Waals surface area contributed by atoms with Crippen LogP contribution in [0.5, 0.6) is 5.75 Å². The third-order valence-corrected chi connectivity index (χ3v) is 2.91. The Hall–Kier alpha value is -1.62. The SMILES string of the molecule is CCCCOc1ccc(CC/C(C)=N/NC(N)=S)cc1. The lowest BCUT2D eigenvalue weighted by molar-refractivity contribution is 0.309. The van der Waals surface area contributed by atoms with E-state index in [2.05, 4.69) is 29.6 Å². The lowest BCUT2D eigenvalue weighted by Crippen LogP contribution is -2.25. The molecule has 0 aliphatic heterocycles. The van der Waals surface area contributed by atoms with Gasteiger partial charge in [-0.15, -0.1) is 0 Å². The van der Waals surface area contributed by atoms with Crippen LogP contribution in [0.1, 0.15) is 38.7 Å². The number of nitrogens with two attached hydrogens (primary N) is 1. The highest BCUT2D eigenvalue weighted by Crippen LogP contribution is 2.14. The minimum Gasteiger partial charge on any atom is -0.494 e. The Morgan fingerprint density at radius 2 is 2.05 bits per heavy atom. The first-order chi connectivity index (χ1) is 9.61. The fourth-order valence-electron chi connectivity index (χ4n) is 1.62. The van der Waals surface area contributed by atoms with Crippen LogP contribution >= 0.6 is 12.2 Å². The molecule has 0 unspecified atom stereocenters. The Morgan fingerprint density at radius 1 is 1.35 bits per heavy atom. The summed E-state index contributed by atoms with van der Waals surface area (Å²) in [6.45, 7) is 4.89. The maximum Gasteiger partial charge on any atom is 0.184 e. The zero-order valence-electron chi connectivity index (χ0n) is 12.2. The molecule has 110 valence electrons. The molecule has 5 heteroatoms. The van der Waals surface area contributed by atoms with Crippen LogP contribution in [0.15, 0.2) is 29.4 Å². The van der Waals surface area contributed by atoms with Gasteiger partial charge in [-0.05, 0) is 56.1 Å². The molecule has 1 aromatic carbocycles. The maximum absolute atomic E-state index is 5.63. The van der Waals surface area contributed by atoms with E-state index in [1.165, 1.54) is 5.56 Å². The van der Waals surface area contributed by atoms with E-state index >= 15 is 0 Å². The molecule has 0 amide bonds. The molecule has 0 heterocycles. The van der Waals surface area contributed by atoms with Crippen LogP contribution in [0, 0.1) is 0 Å². The summed E-state index contributed by atoms with van der Waals surface area (Å²) < 4.78 is 5.63. The van der Waals surface area contributed by atoms with E-state index in [-0.39, 0.29) is 5.11 Å². The monoisotopic (exact) mass is 293 g/mol. The summed E-state index contributed by atoms with van der Waals surface area (Å²) in [6, 6.07) is 8.22. The molecular formula is C15H23N3OS. The second kappa shape index (κ2) is 9.31. The molecule has 0 aliphatic carbocycles. The van der Waals surface area contributed by atoms with Crippen LogP contribution in [-0.4, -0.2) is 17.4 Å². The van der Waals surface area contributed by atoms with Crippen LogP contribution in [0.4, 0.5) is 0 Å². The molecular weight excluding hydrogens is 270 g/mol. The summed E-state index contributed by atoms with van der Waals surface area (Å²) in [5.74, 6) is 0.933. The molecule has 0 saturated heterocycles. The summed E-state index contributed by atoms with van der Waals surface area (Å²) in [5.41, 5.74) is 10.1. The van der Waals surface area contributed by atoms with Gasteiger partial charge in [0.15, 0.2) is 5.11 Å². The average Bonchev–Trinajstić information content (AvgIpc) is 2.44. The predicted molar refractivity (Wildman–Crippen MR) is 88.2 cm³/mol. The average molecular weight is 293 g/mol. The van der Waals surface area contributed by atoms with Crippen LogP contribution in [0.2, 0.25) is 0 Å². The van der Waals surface area contributed by atoms with Crippen molar-refractivity contribution in [3.8, 4) is 5.75 Å². The largest absolute Gasteiger partial charge is 0.494 e. The quantitative estimate of drug-likeness (QED) is 0.335. The van der Waals surface area contributed by atoms with Crippen molar-refractivity contribution in [1.29, 1.82) is 0 Å². The number of hydrogen-bond donors (Lipinski definition) is 2.